The summed E-state index contributed by atoms with van der Waals surface area (Å²) in [5.74, 6) is -1.74. The van der Waals surface area contributed by atoms with E-state index in [4.69, 9.17) is 53.1 Å². The largest absolute Gasteiger partial charge is 0.465 e. The van der Waals surface area contributed by atoms with E-state index in [1.807, 2.05) is 32.1 Å². The number of amides is 1. The van der Waals surface area contributed by atoms with Crippen molar-refractivity contribution in [2.24, 2.45) is 29.6 Å². The molecule has 2 aromatic rings. The van der Waals surface area contributed by atoms with Crippen LogP contribution in [0.2, 0.25) is 17.5 Å². The molecule has 6 radical (unpaired) electrons. The van der Waals surface area contributed by atoms with Crippen LogP contribution in [0.15, 0.2) is 94.8 Å². The molecule has 3 fully saturated rings. The Morgan fingerprint density at radius 3 is 1.36 bits per heavy atom. The van der Waals surface area contributed by atoms with Gasteiger partial charge in [0.25, 0.3) is 20.0 Å². The molecule has 2 bridgehead atoms. The lowest BCUT2D eigenvalue weighted by Crippen LogP contribution is -2.43. The summed E-state index contributed by atoms with van der Waals surface area (Å²) >= 11 is 0. The van der Waals surface area contributed by atoms with E-state index in [0.717, 1.165) is 24.0 Å². The van der Waals surface area contributed by atoms with E-state index in [9.17, 15) is 46.2 Å². The van der Waals surface area contributed by atoms with Gasteiger partial charge in [0.15, 0.2) is 0 Å². The molecule has 14 atom stereocenters. The number of aliphatic hydroxyl groups is 5. The van der Waals surface area contributed by atoms with Gasteiger partial charge < -0.3 is 45.1 Å². The number of hydrogen-bond acceptors (Lipinski definition) is 16. The van der Waals surface area contributed by atoms with Crippen molar-refractivity contribution in [1.29, 1.82) is 0 Å². The van der Waals surface area contributed by atoms with Crippen molar-refractivity contribution in [2.75, 3.05) is 26.4 Å². The molecule has 14 unspecified atom stereocenters. The molecule has 8 rings (SSSR count). The number of fused-ring (bicyclic) bond motifs is 2. The van der Waals surface area contributed by atoms with Crippen LogP contribution in [0, 0.1) is 43.4 Å². The highest BCUT2D eigenvalue weighted by Gasteiger charge is 2.44. The van der Waals surface area contributed by atoms with E-state index < -0.39 is 62.3 Å². The first-order valence-electron chi connectivity index (χ1n) is 24.0. The summed E-state index contributed by atoms with van der Waals surface area (Å²) in [7, 11) is 7.76. The quantitative estimate of drug-likeness (QED) is 0.0770. The van der Waals surface area contributed by atoms with Crippen molar-refractivity contribution in [3.8, 4) is 0 Å². The third-order valence-electron chi connectivity index (χ3n) is 12.9. The number of nitrogens with one attached hydrogen (secondary N) is 1. The van der Waals surface area contributed by atoms with Crippen LogP contribution in [-0.2, 0) is 53.4 Å². The number of hydrogen-bond donors (Lipinski definition) is 6. The molecule has 5 aliphatic carbocycles. The highest BCUT2D eigenvalue weighted by atomic mass is 32.3. The van der Waals surface area contributed by atoms with Crippen LogP contribution in [0.25, 0.3) is 0 Å². The summed E-state index contributed by atoms with van der Waals surface area (Å²) in [5.41, 5.74) is 1.71. The number of sulfonamides is 2. The number of nitrogens with zero attached hydrogens (tertiary/aromatic N) is 1. The molecule has 18 nitrogen and oxygen atoms in total. The Labute approximate surface area is 433 Å². The van der Waals surface area contributed by atoms with Gasteiger partial charge in [0.05, 0.1) is 89.5 Å². The minimum atomic E-state index is -4.39. The first kappa shape index (κ1) is 60.9. The maximum absolute atomic E-state index is 13.5. The maximum atomic E-state index is 13.5. The van der Waals surface area contributed by atoms with Crippen molar-refractivity contribution in [1.82, 2.24) is 9.03 Å². The molecule has 1 saturated heterocycles. The highest BCUT2D eigenvalue weighted by molar-refractivity contribution is 8.04. The summed E-state index contributed by atoms with van der Waals surface area (Å²) in [5, 5.41) is 48.4. The van der Waals surface area contributed by atoms with Gasteiger partial charge >= 0.3 is 17.9 Å². The number of carbonyl (C=O) groups is 4. The maximum Gasteiger partial charge on any atom is 0.302 e. The van der Waals surface area contributed by atoms with Gasteiger partial charge in [-0.25, -0.2) is 16.8 Å². The third kappa shape index (κ3) is 17.8. The van der Waals surface area contributed by atoms with Gasteiger partial charge in [0, 0.05) is 57.1 Å². The highest BCUT2D eigenvalue weighted by Crippen LogP contribution is 2.36. The number of esters is 3. The Morgan fingerprint density at radius 1 is 0.589 bits per heavy atom. The fourth-order valence-electron chi connectivity index (χ4n) is 8.71. The molecule has 1 amide bonds. The standard InChI is InChI=1S/C22H25NO6S2.C8H13BO4.C8H11BO2.C6H11BO3.C6H7NO/c1-16-4-10-21(11-5-16)30(25,26)23(20-9-8-19(14-20)15-29-18(3)24)31(27,28)22-12-6-17(2)7-13-22;1-4(10)13-3-5-2-6(9)8(12)7(5)11;1-6(10)11-5-7-2-3-8(9)4-7;7-4-1-3(2-8)5(9)6(4)10;8-6-4-1-2-5(3-4)7-6/h4-13,19-20H,14-15H2,1-3H3;5-8,11-12H,2-3H2,1H3;2-3,7-8H,4-5H2,1H3;3-6,8-10H,1-2H2;1-2,4-5H,3H2,(H,7,8). The molecule has 2 saturated carbocycles. The van der Waals surface area contributed by atoms with Crippen LogP contribution in [0.4, 0.5) is 0 Å². The zero-order valence-corrected chi connectivity index (χ0v) is 43.4. The van der Waals surface area contributed by atoms with Gasteiger partial charge in [0.1, 0.15) is 0 Å². The minimum absolute atomic E-state index is 0.0608. The van der Waals surface area contributed by atoms with Gasteiger partial charge in [-0.15, -0.1) is 0 Å². The van der Waals surface area contributed by atoms with Crippen LogP contribution < -0.4 is 5.32 Å². The van der Waals surface area contributed by atoms with E-state index in [-0.39, 0.29) is 89.2 Å². The van der Waals surface area contributed by atoms with Crippen molar-refractivity contribution < 1.29 is 75.8 Å². The average Bonchev–Trinajstić information content (AvgIpc) is 4.21. The molecule has 394 valence electrons. The predicted molar refractivity (Wildman–Crippen MR) is 272 cm³/mol. The second kappa shape index (κ2) is 27.8. The predicted octanol–water partition coefficient (Wildman–Crippen LogP) is 2.26. The van der Waals surface area contributed by atoms with E-state index in [1.54, 1.807) is 36.4 Å². The fourth-order valence-corrected chi connectivity index (χ4v) is 12.7. The Hall–Kier alpha value is -4.61. The lowest BCUT2D eigenvalue weighted by Gasteiger charge is -2.27. The van der Waals surface area contributed by atoms with Crippen LogP contribution in [-0.4, -0.2) is 156 Å². The topological polar surface area (TPSA) is 281 Å². The summed E-state index contributed by atoms with van der Waals surface area (Å²) in [6, 6.07) is 11.5. The Morgan fingerprint density at radius 2 is 1.03 bits per heavy atom. The van der Waals surface area contributed by atoms with Crippen molar-refractivity contribution in [3.05, 3.63) is 96.1 Å². The molecule has 73 heavy (non-hydrogen) atoms. The third-order valence-corrected chi connectivity index (χ3v) is 17.3. The summed E-state index contributed by atoms with van der Waals surface area (Å²) in [4.78, 5) is 42.4. The van der Waals surface area contributed by atoms with Crippen LogP contribution in [0.1, 0.15) is 64.0 Å². The molecule has 1 aliphatic heterocycles. The van der Waals surface area contributed by atoms with Gasteiger partial charge in [-0.05, 0) is 81.9 Å². The van der Waals surface area contributed by atoms with Gasteiger partial charge in [-0.2, -0.15) is 0 Å². The van der Waals surface area contributed by atoms with Crippen molar-refractivity contribution >= 4 is 67.4 Å². The summed E-state index contributed by atoms with van der Waals surface area (Å²) < 4.78 is 69.2. The minimum Gasteiger partial charge on any atom is -0.465 e. The lowest BCUT2D eigenvalue weighted by molar-refractivity contribution is -0.144. The number of aliphatic hydroxyl groups excluding tert-OH is 5. The summed E-state index contributed by atoms with van der Waals surface area (Å²) in [6.45, 7) is 8.19. The zero-order chi connectivity index (χ0) is 54.4. The number of carbonyl (C=O) groups excluding carboxylic acids is 4. The Balaban J connectivity index is 0.000000225. The molecule has 1 heterocycles. The molecule has 6 N–H and O–H groups in total. The monoisotopic (exact) mass is 1050 g/mol. The second-order valence-corrected chi connectivity index (χ2v) is 22.9. The van der Waals surface area contributed by atoms with E-state index in [2.05, 4.69) is 11.4 Å². The van der Waals surface area contributed by atoms with Crippen LogP contribution in [0.3, 0.4) is 0 Å². The van der Waals surface area contributed by atoms with Gasteiger partial charge in [0.2, 0.25) is 5.91 Å². The van der Waals surface area contributed by atoms with Gasteiger partial charge in [-0.1, -0.05) is 81.4 Å². The summed E-state index contributed by atoms with van der Waals surface area (Å²) in [6.07, 6.45) is 10.8. The molecular weight excluding hydrogens is 981 g/mol. The van der Waals surface area contributed by atoms with Crippen molar-refractivity contribution in [3.63, 3.8) is 0 Å². The average molecular weight is 1050 g/mol. The first-order chi connectivity index (χ1) is 34.2. The van der Waals surface area contributed by atoms with E-state index in [0.29, 0.717) is 35.1 Å². The number of aryl methyl sites for hydroxylation is 2. The number of allylic oxidation sites excluding steroid dienone is 1. The van der Waals surface area contributed by atoms with Crippen LogP contribution >= 0.6 is 0 Å². The smallest absolute Gasteiger partial charge is 0.302 e. The van der Waals surface area contributed by atoms with E-state index in [1.165, 1.54) is 45.0 Å². The SMILES string of the molecule is CC(=O)OCC1C=CC(N(S(=O)(=O)c2ccc(C)cc2)S(=O)(=O)c2ccc(C)cc2)C1.O=C1NC2C=CC1C2.[B]C1C=CC(COC(C)=O)C1.[B]C1CC(CO)C(O)C1O.[B]C1CC(COC(C)=O)C(O)C1O. The lowest BCUT2D eigenvalue weighted by atomic mass is 9.84. The molecule has 0 aromatic heterocycles. The Bertz CT molecular complexity index is 2400. The van der Waals surface area contributed by atoms with E-state index >= 15 is 0 Å². The number of benzene rings is 2. The number of rotatable bonds is 12. The molecule has 23 heteroatoms. The normalized spacial score (nSPS) is 30.4. The molecule has 0 spiro atoms. The fraction of sp³-hybridized carbons (Fsp3) is 0.560. The first-order valence-corrected chi connectivity index (χ1v) is 26.9. The molecule has 2 aromatic carbocycles. The van der Waals surface area contributed by atoms with Crippen molar-refractivity contribution in [2.45, 2.75) is 130 Å². The Kier molecular flexibility index (Phi) is 23.2. The number of ether oxygens (including phenoxy) is 3. The van der Waals surface area contributed by atoms with Crippen LogP contribution in [0.5, 0.6) is 0 Å². The zero-order valence-electron chi connectivity index (χ0n) is 41.8. The molecule has 6 aliphatic rings. The van der Waals surface area contributed by atoms with Gasteiger partial charge in [-0.3, -0.25) is 19.2 Å². The second-order valence-electron chi connectivity index (χ2n) is 19.1. The molecular formula is C50H67B3N2O16S2.